The van der Waals surface area contributed by atoms with Crippen molar-refractivity contribution >= 4 is 0 Å². The highest BCUT2D eigenvalue weighted by molar-refractivity contribution is 4.92. The third-order valence-corrected chi connectivity index (χ3v) is 3.26. The molecule has 0 aromatic rings. The molecule has 0 radical (unpaired) electrons. The molecule has 1 aliphatic heterocycles. The van der Waals surface area contributed by atoms with E-state index in [1.807, 2.05) is 0 Å². The van der Waals surface area contributed by atoms with Gasteiger partial charge in [-0.05, 0) is 19.3 Å². The molecule has 5 heteroatoms. The summed E-state index contributed by atoms with van der Waals surface area (Å²) >= 11 is 0. The topological polar surface area (TPSA) is 29.5 Å². The summed E-state index contributed by atoms with van der Waals surface area (Å²) in [5, 5.41) is 9.53. The van der Waals surface area contributed by atoms with Gasteiger partial charge in [0.05, 0.1) is 18.1 Å². The first kappa shape index (κ1) is 10.2. The number of aliphatic hydroxyl groups excluding tert-OH is 1. The molecule has 1 aliphatic carbocycles. The summed E-state index contributed by atoms with van der Waals surface area (Å²) in [5.41, 5.74) is 0. The van der Waals surface area contributed by atoms with Crippen molar-refractivity contribution in [1.29, 1.82) is 0 Å². The van der Waals surface area contributed by atoms with Gasteiger partial charge in [0.15, 0.2) is 0 Å². The van der Waals surface area contributed by atoms with Crippen molar-refractivity contribution in [1.82, 2.24) is 0 Å². The fourth-order valence-electron chi connectivity index (χ4n) is 2.46. The normalized spacial score (nSPS) is 43.7. The maximum atomic E-state index is 12.4. The molecule has 1 N–H and O–H groups in total. The molecule has 2 aliphatic rings. The van der Waals surface area contributed by atoms with Crippen LogP contribution in [-0.2, 0) is 4.74 Å². The molecule has 0 bridgehead atoms. The second kappa shape index (κ2) is 3.38. The van der Waals surface area contributed by atoms with Crippen LogP contribution in [0.4, 0.5) is 13.2 Å². The van der Waals surface area contributed by atoms with Crippen LogP contribution in [0.3, 0.4) is 0 Å². The van der Waals surface area contributed by atoms with Crippen LogP contribution in [0.25, 0.3) is 0 Å². The molecule has 82 valence electrons. The minimum absolute atomic E-state index is 0.0191. The summed E-state index contributed by atoms with van der Waals surface area (Å²) in [6.07, 6.45) is -4.87. The zero-order chi connectivity index (χ0) is 10.3. The van der Waals surface area contributed by atoms with E-state index >= 15 is 0 Å². The lowest BCUT2D eigenvalue weighted by atomic mass is 9.77. The summed E-state index contributed by atoms with van der Waals surface area (Å²) in [7, 11) is 0. The van der Waals surface area contributed by atoms with Crippen LogP contribution in [0.1, 0.15) is 19.3 Å². The van der Waals surface area contributed by atoms with Crippen LogP contribution in [-0.4, -0.2) is 30.1 Å². The Balaban J connectivity index is 2.06. The highest BCUT2D eigenvalue weighted by atomic mass is 19.4. The number of alkyl halides is 3. The van der Waals surface area contributed by atoms with Crippen molar-refractivity contribution in [3.05, 3.63) is 0 Å². The Labute approximate surface area is 80.1 Å². The largest absolute Gasteiger partial charge is 0.393 e. The van der Waals surface area contributed by atoms with E-state index in [0.29, 0.717) is 13.0 Å². The van der Waals surface area contributed by atoms with Gasteiger partial charge in [0.25, 0.3) is 0 Å². The number of rotatable bonds is 0. The second-order valence-electron chi connectivity index (χ2n) is 4.14. The van der Waals surface area contributed by atoms with Crippen molar-refractivity contribution in [2.24, 2.45) is 11.8 Å². The molecule has 1 heterocycles. The first-order chi connectivity index (χ1) is 6.48. The smallest absolute Gasteiger partial charge is 0.392 e. The number of fused-ring (bicyclic) bond motifs is 1. The number of hydrogen-bond donors (Lipinski definition) is 1. The van der Waals surface area contributed by atoms with Crippen LogP contribution >= 0.6 is 0 Å². The van der Waals surface area contributed by atoms with Crippen molar-refractivity contribution < 1.29 is 23.0 Å². The first-order valence-electron chi connectivity index (χ1n) is 4.85. The van der Waals surface area contributed by atoms with Gasteiger partial charge in [0.2, 0.25) is 0 Å². The maximum Gasteiger partial charge on any atom is 0.392 e. The Morgan fingerprint density at radius 3 is 2.57 bits per heavy atom. The Kier molecular flexibility index (Phi) is 2.47. The summed E-state index contributed by atoms with van der Waals surface area (Å²) in [6.45, 7) is 0.483. The second-order valence-corrected chi connectivity index (χ2v) is 4.14. The van der Waals surface area contributed by atoms with Crippen molar-refractivity contribution in [2.45, 2.75) is 37.6 Å². The van der Waals surface area contributed by atoms with E-state index in [0.717, 1.165) is 0 Å². The van der Waals surface area contributed by atoms with Crippen LogP contribution in [0, 0.1) is 11.8 Å². The fraction of sp³-hybridized carbons (Fsp3) is 1.00. The summed E-state index contributed by atoms with van der Waals surface area (Å²) in [6, 6.07) is 0. The first-order valence-corrected chi connectivity index (χ1v) is 4.85. The summed E-state index contributed by atoms with van der Waals surface area (Å²) in [5.74, 6) is -1.47. The van der Waals surface area contributed by atoms with E-state index in [1.165, 1.54) is 0 Å². The summed E-state index contributed by atoms with van der Waals surface area (Å²) in [4.78, 5) is 0. The standard InChI is InChI=1S/C9H13F3O2/c10-9(11,12)5-3-7(13)6-1-2-14-8(6)4-5/h5-8,13H,1-4H2/t5-,6+,7-,8-/m0/s1. The molecule has 0 unspecified atom stereocenters. The number of halogens is 3. The molecule has 14 heavy (non-hydrogen) atoms. The number of hydrogen-bond acceptors (Lipinski definition) is 2. The Morgan fingerprint density at radius 1 is 1.21 bits per heavy atom. The molecule has 2 fully saturated rings. The van der Waals surface area contributed by atoms with Gasteiger partial charge in [-0.15, -0.1) is 0 Å². The molecule has 2 nitrogen and oxygen atoms in total. The third-order valence-electron chi connectivity index (χ3n) is 3.26. The minimum Gasteiger partial charge on any atom is -0.393 e. The molecule has 4 atom stereocenters. The SMILES string of the molecule is O[C@H]1C[C@H](C(F)(F)F)C[C@@H]2OCC[C@@H]21. The van der Waals surface area contributed by atoms with Gasteiger partial charge >= 0.3 is 6.18 Å². The van der Waals surface area contributed by atoms with Gasteiger partial charge < -0.3 is 9.84 Å². The van der Waals surface area contributed by atoms with E-state index in [9.17, 15) is 18.3 Å². The Morgan fingerprint density at radius 2 is 1.93 bits per heavy atom. The van der Waals surface area contributed by atoms with Crippen LogP contribution < -0.4 is 0 Å². The fourth-order valence-corrected chi connectivity index (χ4v) is 2.46. The van der Waals surface area contributed by atoms with E-state index in [1.54, 1.807) is 0 Å². The Hall–Kier alpha value is -0.290. The zero-order valence-corrected chi connectivity index (χ0v) is 7.63. The lowest BCUT2D eigenvalue weighted by molar-refractivity contribution is -0.203. The molecule has 1 saturated carbocycles. The van der Waals surface area contributed by atoms with Gasteiger partial charge in [-0.2, -0.15) is 13.2 Å². The van der Waals surface area contributed by atoms with Gasteiger partial charge in [-0.1, -0.05) is 0 Å². The highest BCUT2D eigenvalue weighted by Crippen LogP contribution is 2.43. The van der Waals surface area contributed by atoms with Gasteiger partial charge in [0.1, 0.15) is 0 Å². The molecule has 0 aromatic carbocycles. The lowest BCUT2D eigenvalue weighted by Crippen LogP contribution is -2.42. The van der Waals surface area contributed by atoms with Crippen molar-refractivity contribution in [2.75, 3.05) is 6.61 Å². The average Bonchev–Trinajstić information content (AvgIpc) is 2.50. The predicted molar refractivity (Wildman–Crippen MR) is 42.6 cm³/mol. The molecular formula is C9H13F3O2. The monoisotopic (exact) mass is 210 g/mol. The minimum atomic E-state index is -4.20. The molecule has 1 saturated heterocycles. The summed E-state index contributed by atoms with van der Waals surface area (Å²) < 4.78 is 42.4. The van der Waals surface area contributed by atoms with Gasteiger partial charge in [-0.25, -0.2) is 0 Å². The Bertz CT molecular complexity index is 217. The van der Waals surface area contributed by atoms with Gasteiger partial charge in [-0.3, -0.25) is 0 Å². The van der Waals surface area contributed by atoms with Crippen LogP contribution in [0.5, 0.6) is 0 Å². The zero-order valence-electron chi connectivity index (χ0n) is 7.63. The van der Waals surface area contributed by atoms with E-state index in [4.69, 9.17) is 4.74 Å². The molecular weight excluding hydrogens is 197 g/mol. The maximum absolute atomic E-state index is 12.4. The highest BCUT2D eigenvalue weighted by Gasteiger charge is 2.49. The number of aliphatic hydroxyl groups is 1. The molecule has 0 spiro atoms. The van der Waals surface area contributed by atoms with E-state index < -0.39 is 18.2 Å². The van der Waals surface area contributed by atoms with Crippen LogP contribution in [0.15, 0.2) is 0 Å². The molecule has 2 rings (SSSR count). The van der Waals surface area contributed by atoms with Gasteiger partial charge in [0, 0.05) is 12.5 Å². The molecule has 0 amide bonds. The third kappa shape index (κ3) is 1.75. The van der Waals surface area contributed by atoms with Crippen molar-refractivity contribution in [3.8, 4) is 0 Å². The average molecular weight is 210 g/mol. The predicted octanol–water partition coefficient (Wildman–Crippen LogP) is 1.72. The van der Waals surface area contributed by atoms with Crippen LogP contribution in [0.2, 0.25) is 0 Å². The van der Waals surface area contributed by atoms with E-state index in [2.05, 4.69) is 0 Å². The molecule has 0 aromatic heterocycles. The van der Waals surface area contributed by atoms with E-state index in [-0.39, 0.29) is 24.9 Å². The quantitative estimate of drug-likeness (QED) is 0.659. The number of ether oxygens (including phenoxy) is 1. The van der Waals surface area contributed by atoms with Crippen molar-refractivity contribution in [3.63, 3.8) is 0 Å². The lowest BCUT2D eigenvalue weighted by Gasteiger charge is -2.35.